The first-order chi connectivity index (χ1) is 51.3. The molecule has 0 heterocycles. The number of ether oxygens (including phenoxy) is 12. The minimum atomic E-state index is -0.550. The second-order valence-electron chi connectivity index (χ2n) is 26.1. The number of rotatable bonds is 51. The molecule has 4 atom stereocenters. The predicted octanol–water partition coefficient (Wildman–Crippen LogP) is 18.4. The number of hydrogen-bond acceptors (Lipinski definition) is 22. The van der Waals surface area contributed by atoms with Crippen molar-refractivity contribution in [3.63, 3.8) is 0 Å². The fourth-order valence-electron chi connectivity index (χ4n) is 10.4. The Morgan fingerprint density at radius 2 is 0.661 bits per heavy atom. The van der Waals surface area contributed by atoms with E-state index in [2.05, 4.69) is 87.1 Å². The van der Waals surface area contributed by atoms with E-state index >= 15 is 0 Å². The summed E-state index contributed by atoms with van der Waals surface area (Å²) < 4.78 is 61.1. The van der Waals surface area contributed by atoms with Crippen molar-refractivity contribution < 1.29 is 124 Å². The van der Waals surface area contributed by atoms with Crippen LogP contribution < -0.4 is 0 Å². The number of hydrogen-bond donors (Lipinski definition) is 0. The Hall–Kier alpha value is -7.10. The van der Waals surface area contributed by atoms with Gasteiger partial charge in [0.1, 0.15) is 64.1 Å². The maximum atomic E-state index is 12.3. The minimum Gasteiger partial charge on any atom is -0.463 e. The van der Waals surface area contributed by atoms with Crippen LogP contribution in [0.4, 0.5) is 0 Å². The third kappa shape index (κ3) is 73.5. The van der Waals surface area contributed by atoms with E-state index in [9.17, 15) is 47.9 Å². The number of esters is 10. The Morgan fingerprint density at radius 1 is 0.349 bits per heavy atom. The number of methoxy groups -OCH3 is 2. The van der Waals surface area contributed by atoms with Crippen LogP contribution in [-0.4, -0.2) is 151 Å². The van der Waals surface area contributed by atoms with E-state index in [0.717, 1.165) is 148 Å². The van der Waals surface area contributed by atoms with Crippen molar-refractivity contribution >= 4 is 59.7 Å². The van der Waals surface area contributed by atoms with Crippen molar-refractivity contribution in [2.75, 3.05) is 67.1 Å². The van der Waals surface area contributed by atoms with Gasteiger partial charge in [-0.1, -0.05) is 127 Å². The molecule has 0 radical (unpaired) electrons. The van der Waals surface area contributed by atoms with Gasteiger partial charge in [-0.15, -0.1) is 13.2 Å². The Balaban J connectivity index is -0.000000814. The van der Waals surface area contributed by atoms with E-state index in [1.165, 1.54) is 79.4 Å². The molecular formula is C86H140O22Ru. The van der Waals surface area contributed by atoms with E-state index < -0.39 is 35.8 Å². The molecule has 0 fully saturated rings. The molecule has 624 valence electrons. The van der Waals surface area contributed by atoms with Gasteiger partial charge in [0.05, 0.1) is 64.6 Å². The molecule has 0 N–H and O–H groups in total. The molecule has 0 amide bonds. The van der Waals surface area contributed by atoms with Crippen molar-refractivity contribution in [3.8, 4) is 0 Å². The molecule has 0 saturated heterocycles. The molecule has 109 heavy (non-hydrogen) atoms. The van der Waals surface area contributed by atoms with E-state index in [1.807, 2.05) is 6.08 Å². The largest absolute Gasteiger partial charge is 0.463 e. The first kappa shape index (κ1) is 108. The monoisotopic (exact) mass is 1630 g/mol. The van der Waals surface area contributed by atoms with Gasteiger partial charge in [-0.3, -0.25) is 38.4 Å². The molecule has 0 aliphatic heterocycles. The van der Waals surface area contributed by atoms with Gasteiger partial charge in [-0.2, -0.15) is 0 Å². The van der Waals surface area contributed by atoms with Gasteiger partial charge in [-0.25, -0.2) is 9.59 Å². The first-order valence-electron chi connectivity index (χ1n) is 38.8. The van der Waals surface area contributed by atoms with E-state index in [4.69, 9.17) is 56.8 Å². The summed E-state index contributed by atoms with van der Waals surface area (Å²) in [6, 6.07) is 0. The smallest absolute Gasteiger partial charge is 0.333 e. The van der Waals surface area contributed by atoms with Crippen LogP contribution in [0.25, 0.3) is 0 Å². The van der Waals surface area contributed by atoms with Gasteiger partial charge in [0.2, 0.25) is 0 Å². The summed E-state index contributed by atoms with van der Waals surface area (Å²) in [5, 5.41) is 0. The average Bonchev–Trinajstić information content (AvgIpc) is 0.975. The fraction of sp³-hybridized carbons (Fsp3) is 0.674. The van der Waals surface area contributed by atoms with Crippen molar-refractivity contribution in [3.05, 3.63) is 110 Å². The normalized spacial score (nSPS) is 15.5. The van der Waals surface area contributed by atoms with Crippen LogP contribution >= 0.6 is 0 Å². The van der Waals surface area contributed by atoms with E-state index in [-0.39, 0.29) is 185 Å². The second-order valence-corrected chi connectivity index (χ2v) is 26.1. The van der Waals surface area contributed by atoms with E-state index in [0.29, 0.717) is 19.6 Å². The summed E-state index contributed by atoms with van der Waals surface area (Å²) in [4.78, 5) is 117. The van der Waals surface area contributed by atoms with Crippen molar-refractivity contribution in [1.29, 1.82) is 0 Å². The van der Waals surface area contributed by atoms with Gasteiger partial charge in [0.15, 0.2) is 0 Å². The molecule has 0 aromatic heterocycles. The SMILES string of the molecule is C.C.C1=CCCCCCC1.C=C(C)C(=O)OCCOC(=O)CCC(=O)OC1CC/C=C\CCC1.C=CCCCC(CCC=CCCCCCCC=CCCCC(CCC=C)OC(=O)CCC(=O)OCCOC(=O)C(=C)C)OC(=O)CCC(=O)OCCOC.COCCOC(=O)CCC(=O)OC1CC/C=C\CCC1.[Ru]. The van der Waals surface area contributed by atoms with Crippen molar-refractivity contribution in [2.45, 2.75) is 310 Å². The molecule has 0 spiro atoms. The molecular weight excluding hydrogens is 1490 g/mol. The zero-order chi connectivity index (χ0) is 78.1. The molecule has 0 saturated carbocycles. The molecule has 0 aromatic carbocycles. The standard InChI is InChI=1S/C43H68O11.C18H26O6.C15H24O5.C8H14.2CH4.Ru/c1-6-8-21-25-38(54-42(47)30-28-39(44)50-33-32-49-5)27-23-20-18-16-14-12-10-11-13-15-17-19-22-26-37(24-9-7-2)53-41(46)31-29-40(45)51-34-35-52-43(48)36(3)4;1-14(2)18(21)23-13-12-22-16(19)10-11-17(20)24-15-8-6-4-3-5-7-9-15;1-18-11-12-19-14(16)9-10-15(17)20-13-7-5-3-2-4-6-8-13;1-2-4-6-8-7-5-3-1;;;/h6-7,15,17-18,20,37-38H,1-3,8-14,16,19,21-35H2,4-5H3;3-4,15H,1,5-13H2,2H3;2-3,13H,4-12H2,1H3;1-2H,3-8H2;2*1H4;/b;4-3-;3-2-;;;;. The third-order valence-electron chi connectivity index (χ3n) is 16.4. The maximum Gasteiger partial charge on any atom is 0.333 e. The minimum absolute atomic E-state index is 0. The fourth-order valence-corrected chi connectivity index (χ4v) is 10.4. The number of carbonyl (C=O) groups is 10. The molecule has 22 nitrogen and oxygen atoms in total. The van der Waals surface area contributed by atoms with Gasteiger partial charge in [-0.05, 0) is 194 Å². The summed E-state index contributed by atoms with van der Waals surface area (Å²) in [7, 11) is 3.07. The summed E-state index contributed by atoms with van der Waals surface area (Å²) in [5.41, 5.74) is 0.552. The summed E-state index contributed by atoms with van der Waals surface area (Å²) in [6.45, 7) is 18.4. The molecule has 3 aliphatic rings. The van der Waals surface area contributed by atoms with Crippen LogP contribution in [0.3, 0.4) is 0 Å². The van der Waals surface area contributed by atoms with Crippen LogP contribution in [0.5, 0.6) is 0 Å². The Morgan fingerprint density at radius 3 is 1.04 bits per heavy atom. The topological polar surface area (TPSA) is 281 Å². The zero-order valence-electron chi connectivity index (χ0n) is 65.3. The average molecular weight is 1630 g/mol. The van der Waals surface area contributed by atoms with E-state index in [1.54, 1.807) is 6.08 Å². The Kier molecular flexibility index (Phi) is 78.5. The first-order valence-corrected chi connectivity index (χ1v) is 38.8. The zero-order valence-corrected chi connectivity index (χ0v) is 67.1. The molecule has 3 rings (SSSR count). The van der Waals surface area contributed by atoms with Gasteiger partial charge < -0.3 is 56.8 Å². The van der Waals surface area contributed by atoms with Crippen molar-refractivity contribution in [2.24, 2.45) is 0 Å². The summed E-state index contributed by atoms with van der Waals surface area (Å²) in [5.74, 6) is -4.46. The van der Waals surface area contributed by atoms with Crippen LogP contribution in [-0.2, 0) is 124 Å². The van der Waals surface area contributed by atoms with Crippen LogP contribution in [0, 0.1) is 0 Å². The second kappa shape index (κ2) is 79.0. The molecule has 3 aliphatic carbocycles. The third-order valence-corrected chi connectivity index (χ3v) is 16.4. The van der Waals surface area contributed by atoms with Crippen molar-refractivity contribution in [1.82, 2.24) is 0 Å². The Bertz CT molecular complexity index is 2610. The Labute approximate surface area is 667 Å². The van der Waals surface area contributed by atoms with Crippen LogP contribution in [0.15, 0.2) is 110 Å². The molecule has 4 unspecified atom stereocenters. The van der Waals surface area contributed by atoms with Gasteiger partial charge in [0.25, 0.3) is 0 Å². The van der Waals surface area contributed by atoms with Crippen LogP contribution in [0.1, 0.15) is 286 Å². The maximum absolute atomic E-state index is 12.3. The number of unbranched alkanes of at least 4 members (excludes halogenated alkanes) is 7. The summed E-state index contributed by atoms with van der Waals surface area (Å²) in [6.07, 6.45) is 57.7. The number of allylic oxidation sites excluding steroid dienone is 12. The van der Waals surface area contributed by atoms with Gasteiger partial charge >= 0.3 is 59.7 Å². The summed E-state index contributed by atoms with van der Waals surface area (Å²) >= 11 is 0. The molecule has 23 heteroatoms. The number of carbonyl (C=O) groups excluding carboxylic acids is 10. The van der Waals surface area contributed by atoms with Crippen LogP contribution in [0.2, 0.25) is 0 Å². The predicted molar refractivity (Wildman–Crippen MR) is 423 cm³/mol. The molecule has 0 bridgehead atoms. The quantitative estimate of drug-likeness (QED) is 0.0137. The molecule has 0 aromatic rings. The van der Waals surface area contributed by atoms with Gasteiger partial charge in [0, 0.05) is 44.8 Å².